The van der Waals surface area contributed by atoms with E-state index in [4.69, 9.17) is 10.5 Å². The van der Waals surface area contributed by atoms with Crippen LogP contribution in [0, 0.1) is 5.82 Å². The fourth-order valence-corrected chi connectivity index (χ4v) is 3.28. The first kappa shape index (κ1) is 17.6. The van der Waals surface area contributed by atoms with Crippen LogP contribution >= 0.6 is 0 Å². The molecule has 1 amide bonds. The quantitative estimate of drug-likeness (QED) is 0.926. The highest BCUT2D eigenvalue weighted by atomic mass is 32.2. The molecule has 0 bridgehead atoms. The smallest absolute Gasteiger partial charge is 0.442 e. The van der Waals surface area contributed by atoms with E-state index in [1.807, 2.05) is 0 Å². The highest BCUT2D eigenvalue weighted by Gasteiger charge is 2.19. The Morgan fingerprint density at radius 2 is 1.90 bits per heavy atom. The van der Waals surface area contributed by atoms with Crippen molar-refractivity contribution in [1.82, 2.24) is 0 Å². The summed E-state index contributed by atoms with van der Waals surface area (Å²) < 4.78 is 34.3. The SMILES string of the molecule is CC(C)(C)OC(=O)N=S(=O)(CCN)Cc1ccc(F)cc1. The molecule has 7 heteroatoms. The van der Waals surface area contributed by atoms with Gasteiger partial charge >= 0.3 is 6.09 Å². The maximum atomic E-state index is 12.9. The summed E-state index contributed by atoms with van der Waals surface area (Å²) in [5.41, 5.74) is 5.36. The number of carbonyl (C=O) groups is 1. The van der Waals surface area contributed by atoms with Crippen molar-refractivity contribution < 1.29 is 18.1 Å². The Balaban J connectivity index is 2.99. The first-order chi connectivity index (χ1) is 9.63. The summed E-state index contributed by atoms with van der Waals surface area (Å²) in [5, 5.41) is 0. The van der Waals surface area contributed by atoms with Gasteiger partial charge in [-0.05, 0) is 38.5 Å². The number of nitrogens with two attached hydrogens (primary N) is 1. The Kier molecular flexibility index (Phi) is 5.86. The minimum Gasteiger partial charge on any atom is -0.442 e. The lowest BCUT2D eigenvalue weighted by Gasteiger charge is -2.18. The molecule has 1 rings (SSSR count). The molecule has 0 radical (unpaired) electrons. The summed E-state index contributed by atoms with van der Waals surface area (Å²) in [4.78, 5) is 11.7. The molecule has 0 heterocycles. The van der Waals surface area contributed by atoms with Gasteiger partial charge in [0.2, 0.25) is 0 Å². The second-order valence-electron chi connectivity index (χ2n) is 5.61. The molecular formula is C14H21FN2O3S. The first-order valence-corrected chi connectivity index (χ1v) is 8.39. The van der Waals surface area contributed by atoms with Gasteiger partial charge in [0.05, 0.1) is 15.5 Å². The molecule has 0 saturated heterocycles. The molecule has 0 aliphatic carbocycles. The number of nitrogens with zero attached hydrogens (tertiary/aromatic N) is 1. The van der Waals surface area contributed by atoms with Crippen molar-refractivity contribution in [3.05, 3.63) is 35.6 Å². The van der Waals surface area contributed by atoms with Gasteiger partial charge in [0.15, 0.2) is 0 Å². The summed E-state index contributed by atoms with van der Waals surface area (Å²) in [6.45, 7) is 5.23. The Morgan fingerprint density at radius 1 is 1.33 bits per heavy atom. The van der Waals surface area contributed by atoms with E-state index in [0.717, 1.165) is 0 Å². The van der Waals surface area contributed by atoms with Gasteiger partial charge in [-0.2, -0.15) is 0 Å². The third kappa shape index (κ3) is 6.68. The van der Waals surface area contributed by atoms with Crippen LogP contribution in [0.3, 0.4) is 0 Å². The zero-order valence-corrected chi connectivity index (χ0v) is 13.3. The van der Waals surface area contributed by atoms with E-state index in [1.54, 1.807) is 20.8 Å². The van der Waals surface area contributed by atoms with Crippen molar-refractivity contribution in [2.24, 2.45) is 10.1 Å². The van der Waals surface area contributed by atoms with Crippen molar-refractivity contribution in [3.8, 4) is 0 Å². The predicted octanol–water partition coefficient (Wildman–Crippen LogP) is 2.69. The molecule has 0 fully saturated rings. The molecule has 1 aromatic rings. The molecular weight excluding hydrogens is 295 g/mol. The maximum absolute atomic E-state index is 12.9. The molecule has 0 saturated carbocycles. The van der Waals surface area contributed by atoms with Gasteiger partial charge in [-0.1, -0.05) is 12.1 Å². The normalized spacial score (nSPS) is 14.3. The fraction of sp³-hybridized carbons (Fsp3) is 0.500. The van der Waals surface area contributed by atoms with Crippen molar-refractivity contribution >= 4 is 15.8 Å². The topological polar surface area (TPSA) is 81.8 Å². The second kappa shape index (κ2) is 7.00. The minimum atomic E-state index is -2.87. The Labute approximate surface area is 124 Å². The molecule has 0 aliphatic heterocycles. The van der Waals surface area contributed by atoms with E-state index in [1.165, 1.54) is 24.3 Å². The lowest BCUT2D eigenvalue weighted by atomic mass is 10.2. The van der Waals surface area contributed by atoms with E-state index >= 15 is 0 Å². The van der Waals surface area contributed by atoms with E-state index in [0.29, 0.717) is 5.56 Å². The van der Waals surface area contributed by atoms with Crippen LogP contribution in [0.5, 0.6) is 0 Å². The van der Waals surface area contributed by atoms with E-state index in [9.17, 15) is 13.4 Å². The van der Waals surface area contributed by atoms with Crippen molar-refractivity contribution in [2.45, 2.75) is 32.1 Å². The maximum Gasteiger partial charge on any atom is 0.442 e. The Hall–Kier alpha value is -1.47. The molecule has 21 heavy (non-hydrogen) atoms. The number of ether oxygens (including phenoxy) is 1. The lowest BCUT2D eigenvalue weighted by Crippen LogP contribution is -2.24. The largest absolute Gasteiger partial charge is 0.442 e. The molecule has 5 nitrogen and oxygen atoms in total. The highest BCUT2D eigenvalue weighted by Crippen LogP contribution is 2.13. The van der Waals surface area contributed by atoms with Crippen molar-refractivity contribution in [3.63, 3.8) is 0 Å². The van der Waals surface area contributed by atoms with E-state index in [2.05, 4.69) is 4.36 Å². The van der Waals surface area contributed by atoms with Gasteiger partial charge in [-0.15, -0.1) is 4.36 Å². The standard InChI is InChI=1S/C14H21FN2O3S/c1-14(2,3)20-13(18)17-21(19,9-8-16)10-11-4-6-12(15)7-5-11/h4-7H,8-10,16H2,1-3H3. The predicted molar refractivity (Wildman–Crippen MR) is 80.8 cm³/mol. The lowest BCUT2D eigenvalue weighted by molar-refractivity contribution is 0.0607. The molecule has 1 aromatic carbocycles. The average Bonchev–Trinajstić information content (AvgIpc) is 2.29. The van der Waals surface area contributed by atoms with Crippen LogP contribution in [0.15, 0.2) is 28.6 Å². The van der Waals surface area contributed by atoms with Gasteiger partial charge in [-0.3, -0.25) is 0 Å². The zero-order chi connectivity index (χ0) is 16.1. The molecule has 0 aliphatic rings. The van der Waals surface area contributed by atoms with Gasteiger partial charge in [-0.25, -0.2) is 13.4 Å². The van der Waals surface area contributed by atoms with Crippen molar-refractivity contribution in [2.75, 3.05) is 12.3 Å². The molecule has 0 aromatic heterocycles. The van der Waals surface area contributed by atoms with E-state index < -0.39 is 21.4 Å². The van der Waals surface area contributed by atoms with Crippen LogP contribution in [-0.4, -0.2) is 28.2 Å². The number of hydrogen-bond donors (Lipinski definition) is 1. The number of carbonyl (C=O) groups excluding carboxylic acids is 1. The monoisotopic (exact) mass is 316 g/mol. The summed E-state index contributed by atoms with van der Waals surface area (Å²) in [7, 11) is -2.87. The molecule has 2 N–H and O–H groups in total. The molecule has 118 valence electrons. The minimum absolute atomic E-state index is 0.0315. The summed E-state index contributed by atoms with van der Waals surface area (Å²) in [5.74, 6) is -0.277. The van der Waals surface area contributed by atoms with Gasteiger partial charge < -0.3 is 10.5 Å². The highest BCUT2D eigenvalue weighted by molar-refractivity contribution is 7.93. The first-order valence-electron chi connectivity index (χ1n) is 6.53. The second-order valence-corrected chi connectivity index (χ2v) is 8.03. The van der Waals surface area contributed by atoms with Gasteiger partial charge in [0, 0.05) is 12.3 Å². The molecule has 1 unspecified atom stereocenters. The zero-order valence-electron chi connectivity index (χ0n) is 12.5. The van der Waals surface area contributed by atoms with Crippen LogP contribution < -0.4 is 5.73 Å². The number of amides is 1. The third-order valence-corrected chi connectivity index (χ3v) is 4.52. The fourth-order valence-electron chi connectivity index (χ4n) is 1.59. The van der Waals surface area contributed by atoms with Crippen LogP contribution in [-0.2, 0) is 20.2 Å². The molecule has 0 spiro atoms. The van der Waals surface area contributed by atoms with Gasteiger partial charge in [0.25, 0.3) is 0 Å². The van der Waals surface area contributed by atoms with Crippen LogP contribution in [0.4, 0.5) is 9.18 Å². The Morgan fingerprint density at radius 3 is 2.38 bits per heavy atom. The Bertz CT molecular complexity index is 600. The number of hydrogen-bond acceptors (Lipinski definition) is 4. The summed E-state index contributed by atoms with van der Waals surface area (Å²) in [6.07, 6.45) is -0.872. The van der Waals surface area contributed by atoms with Crippen LogP contribution in [0.1, 0.15) is 26.3 Å². The third-order valence-electron chi connectivity index (χ3n) is 2.38. The van der Waals surface area contributed by atoms with E-state index in [-0.39, 0.29) is 23.9 Å². The van der Waals surface area contributed by atoms with Gasteiger partial charge in [0.1, 0.15) is 11.4 Å². The average molecular weight is 316 g/mol. The van der Waals surface area contributed by atoms with Crippen LogP contribution in [0.25, 0.3) is 0 Å². The number of halogens is 1. The van der Waals surface area contributed by atoms with Crippen molar-refractivity contribution in [1.29, 1.82) is 0 Å². The van der Waals surface area contributed by atoms with Crippen LogP contribution in [0.2, 0.25) is 0 Å². The summed E-state index contributed by atoms with van der Waals surface area (Å²) >= 11 is 0. The number of rotatable bonds is 4. The number of benzene rings is 1. The molecule has 1 atom stereocenters. The summed E-state index contributed by atoms with van der Waals surface area (Å²) in [6, 6.07) is 5.56.